The van der Waals surface area contributed by atoms with E-state index in [1.54, 1.807) is 55.6 Å². The smallest absolute Gasteiger partial charge is 0.255 e. The summed E-state index contributed by atoms with van der Waals surface area (Å²) in [5.74, 6) is 0.821. The molecule has 0 unspecified atom stereocenters. The molecule has 2 rings (SSSR count). The van der Waals surface area contributed by atoms with Crippen LogP contribution < -0.4 is 15.4 Å². The van der Waals surface area contributed by atoms with Crippen LogP contribution in [0.25, 0.3) is 0 Å². The fourth-order valence-corrected chi connectivity index (χ4v) is 2.26. The van der Waals surface area contributed by atoms with Crippen molar-refractivity contribution in [3.05, 3.63) is 59.7 Å². The first-order chi connectivity index (χ1) is 12.0. The van der Waals surface area contributed by atoms with Gasteiger partial charge in [0, 0.05) is 23.4 Å². The predicted octanol–water partition coefficient (Wildman–Crippen LogP) is 3.72. The summed E-state index contributed by atoms with van der Waals surface area (Å²) in [6.45, 7) is 4.84. The van der Waals surface area contributed by atoms with Crippen LogP contribution in [0.15, 0.2) is 48.5 Å². The molecule has 5 nitrogen and oxygen atoms in total. The number of carbonyl (C=O) groups is 2. The number of rotatable bonds is 7. The first-order valence-electron chi connectivity index (χ1n) is 8.33. The normalized spacial score (nSPS) is 10.4. The van der Waals surface area contributed by atoms with Crippen LogP contribution in [0.5, 0.6) is 5.75 Å². The first kappa shape index (κ1) is 18.5. The summed E-state index contributed by atoms with van der Waals surface area (Å²) < 4.78 is 5.09. The Kier molecular flexibility index (Phi) is 6.57. The Morgan fingerprint density at radius 1 is 1.00 bits per heavy atom. The molecule has 25 heavy (non-hydrogen) atoms. The second-order valence-corrected chi connectivity index (χ2v) is 6.20. The summed E-state index contributed by atoms with van der Waals surface area (Å²) in [6, 6.07) is 13.8. The summed E-state index contributed by atoms with van der Waals surface area (Å²) in [5.41, 5.74) is 1.58. The van der Waals surface area contributed by atoms with Gasteiger partial charge in [-0.1, -0.05) is 19.9 Å². The molecular weight excluding hydrogens is 316 g/mol. The molecule has 0 heterocycles. The fraction of sp³-hybridized carbons (Fsp3) is 0.300. The Morgan fingerprint density at radius 3 is 2.24 bits per heavy atom. The van der Waals surface area contributed by atoms with Crippen molar-refractivity contribution >= 4 is 17.5 Å². The molecule has 5 heteroatoms. The number of carbonyl (C=O) groups excluding carboxylic acids is 2. The number of hydrogen-bond donors (Lipinski definition) is 2. The lowest BCUT2D eigenvalue weighted by Gasteiger charge is -2.09. The zero-order valence-electron chi connectivity index (χ0n) is 14.8. The second-order valence-electron chi connectivity index (χ2n) is 6.20. The Hall–Kier alpha value is -2.82. The number of benzene rings is 2. The maximum absolute atomic E-state index is 12.4. The van der Waals surface area contributed by atoms with E-state index in [4.69, 9.17) is 4.74 Å². The molecule has 0 bridgehead atoms. The molecule has 0 saturated carbocycles. The summed E-state index contributed by atoms with van der Waals surface area (Å²) >= 11 is 0. The molecule has 132 valence electrons. The van der Waals surface area contributed by atoms with E-state index in [0.29, 0.717) is 29.3 Å². The number of methoxy groups -OCH3 is 1. The SMILES string of the molecule is COc1ccc(NC(=O)c2cccc(C(=O)NCCC(C)C)c2)cc1. The first-order valence-corrected chi connectivity index (χ1v) is 8.33. The lowest BCUT2D eigenvalue weighted by molar-refractivity contribution is 0.0952. The maximum Gasteiger partial charge on any atom is 0.255 e. The molecule has 0 fully saturated rings. The van der Waals surface area contributed by atoms with Gasteiger partial charge in [-0.25, -0.2) is 0 Å². The summed E-state index contributed by atoms with van der Waals surface area (Å²) in [6.07, 6.45) is 0.920. The van der Waals surface area contributed by atoms with Gasteiger partial charge in [-0.3, -0.25) is 9.59 Å². The molecule has 0 atom stereocenters. The van der Waals surface area contributed by atoms with Crippen LogP contribution in [0.2, 0.25) is 0 Å². The fourth-order valence-electron chi connectivity index (χ4n) is 2.26. The largest absolute Gasteiger partial charge is 0.497 e. The Morgan fingerprint density at radius 2 is 1.64 bits per heavy atom. The van der Waals surface area contributed by atoms with Gasteiger partial charge in [-0.15, -0.1) is 0 Å². The quantitative estimate of drug-likeness (QED) is 0.807. The van der Waals surface area contributed by atoms with Gasteiger partial charge in [0.25, 0.3) is 11.8 Å². The van der Waals surface area contributed by atoms with Gasteiger partial charge in [0.1, 0.15) is 5.75 Å². The van der Waals surface area contributed by atoms with E-state index in [1.165, 1.54) is 0 Å². The van der Waals surface area contributed by atoms with Crippen molar-refractivity contribution in [3.63, 3.8) is 0 Å². The molecule has 0 aliphatic rings. The highest BCUT2D eigenvalue weighted by atomic mass is 16.5. The summed E-state index contributed by atoms with van der Waals surface area (Å²) in [5, 5.41) is 5.68. The van der Waals surface area contributed by atoms with E-state index in [-0.39, 0.29) is 11.8 Å². The van der Waals surface area contributed by atoms with Gasteiger partial charge in [0.2, 0.25) is 0 Å². The third-order valence-electron chi connectivity index (χ3n) is 3.74. The molecule has 2 aromatic carbocycles. The molecular formula is C20H24N2O3. The summed E-state index contributed by atoms with van der Waals surface area (Å²) in [4.78, 5) is 24.5. The molecule has 0 aromatic heterocycles. The number of nitrogens with one attached hydrogen (secondary N) is 2. The van der Waals surface area contributed by atoms with E-state index in [9.17, 15) is 9.59 Å². The standard InChI is InChI=1S/C20H24N2O3/c1-14(2)11-12-21-19(23)15-5-4-6-16(13-15)20(24)22-17-7-9-18(25-3)10-8-17/h4-10,13-14H,11-12H2,1-3H3,(H,21,23)(H,22,24). The number of amides is 2. The molecule has 0 spiro atoms. The van der Waals surface area contributed by atoms with Gasteiger partial charge in [0.15, 0.2) is 0 Å². The lowest BCUT2D eigenvalue weighted by atomic mass is 10.1. The minimum absolute atomic E-state index is 0.167. The van der Waals surface area contributed by atoms with Crippen molar-refractivity contribution in [3.8, 4) is 5.75 Å². The van der Waals surface area contributed by atoms with E-state index in [2.05, 4.69) is 24.5 Å². The lowest BCUT2D eigenvalue weighted by Crippen LogP contribution is -2.25. The van der Waals surface area contributed by atoms with Gasteiger partial charge in [0.05, 0.1) is 7.11 Å². The highest BCUT2D eigenvalue weighted by Crippen LogP contribution is 2.16. The van der Waals surface area contributed by atoms with Gasteiger partial charge in [-0.2, -0.15) is 0 Å². The summed E-state index contributed by atoms with van der Waals surface area (Å²) in [7, 11) is 1.59. The topological polar surface area (TPSA) is 67.4 Å². The van der Waals surface area contributed by atoms with Crippen molar-refractivity contribution in [2.24, 2.45) is 5.92 Å². The molecule has 2 aromatic rings. The second kappa shape index (κ2) is 8.87. The van der Waals surface area contributed by atoms with Crippen molar-refractivity contribution < 1.29 is 14.3 Å². The zero-order valence-corrected chi connectivity index (χ0v) is 14.8. The van der Waals surface area contributed by atoms with Crippen LogP contribution in [-0.4, -0.2) is 25.5 Å². The molecule has 0 radical (unpaired) electrons. The van der Waals surface area contributed by atoms with E-state index in [0.717, 1.165) is 12.2 Å². The molecule has 0 aliphatic carbocycles. The van der Waals surface area contributed by atoms with Crippen LogP contribution in [0.4, 0.5) is 5.69 Å². The third-order valence-corrected chi connectivity index (χ3v) is 3.74. The van der Waals surface area contributed by atoms with E-state index >= 15 is 0 Å². The van der Waals surface area contributed by atoms with Gasteiger partial charge >= 0.3 is 0 Å². The van der Waals surface area contributed by atoms with Crippen molar-refractivity contribution in [1.29, 1.82) is 0 Å². The van der Waals surface area contributed by atoms with Crippen molar-refractivity contribution in [2.45, 2.75) is 20.3 Å². The Labute approximate surface area is 148 Å². The van der Waals surface area contributed by atoms with Gasteiger partial charge in [-0.05, 0) is 54.8 Å². The molecule has 0 aliphatic heterocycles. The molecule has 0 saturated heterocycles. The van der Waals surface area contributed by atoms with Crippen LogP contribution in [0.3, 0.4) is 0 Å². The van der Waals surface area contributed by atoms with Crippen molar-refractivity contribution in [2.75, 3.05) is 19.0 Å². The zero-order chi connectivity index (χ0) is 18.2. The number of hydrogen-bond acceptors (Lipinski definition) is 3. The highest BCUT2D eigenvalue weighted by Gasteiger charge is 2.11. The molecule has 2 amide bonds. The number of ether oxygens (including phenoxy) is 1. The van der Waals surface area contributed by atoms with E-state index < -0.39 is 0 Å². The van der Waals surface area contributed by atoms with Crippen LogP contribution in [0, 0.1) is 5.92 Å². The Balaban J connectivity index is 2.01. The molecule has 2 N–H and O–H groups in total. The Bertz CT molecular complexity index is 724. The van der Waals surface area contributed by atoms with Crippen LogP contribution in [0.1, 0.15) is 41.0 Å². The van der Waals surface area contributed by atoms with Crippen LogP contribution >= 0.6 is 0 Å². The highest BCUT2D eigenvalue weighted by molar-refractivity contribution is 6.06. The van der Waals surface area contributed by atoms with Crippen molar-refractivity contribution in [1.82, 2.24) is 5.32 Å². The average Bonchev–Trinajstić information content (AvgIpc) is 2.62. The van der Waals surface area contributed by atoms with Crippen LogP contribution in [-0.2, 0) is 0 Å². The van der Waals surface area contributed by atoms with Gasteiger partial charge < -0.3 is 15.4 Å². The van der Waals surface area contributed by atoms with E-state index in [1.807, 2.05) is 0 Å². The monoisotopic (exact) mass is 340 g/mol. The predicted molar refractivity (Wildman–Crippen MR) is 99.2 cm³/mol. The minimum atomic E-state index is -0.262. The third kappa shape index (κ3) is 5.64. The number of anilines is 1. The minimum Gasteiger partial charge on any atom is -0.497 e. The average molecular weight is 340 g/mol. The maximum atomic E-state index is 12.4.